The van der Waals surface area contributed by atoms with Crippen molar-refractivity contribution in [3.63, 3.8) is 0 Å². The zero-order valence-electron chi connectivity index (χ0n) is 8.74. The van der Waals surface area contributed by atoms with Gasteiger partial charge >= 0.3 is 5.97 Å². The van der Waals surface area contributed by atoms with Crippen molar-refractivity contribution in [2.75, 3.05) is 0 Å². The zero-order chi connectivity index (χ0) is 10.6. The van der Waals surface area contributed by atoms with Crippen LogP contribution >= 0.6 is 0 Å². The van der Waals surface area contributed by atoms with Crippen LogP contribution in [0.1, 0.15) is 32.1 Å². The maximum absolute atomic E-state index is 12.0. The summed E-state index contributed by atoms with van der Waals surface area (Å²) in [6, 6.07) is 0. The van der Waals surface area contributed by atoms with E-state index in [0.717, 1.165) is 31.3 Å². The highest BCUT2D eigenvalue weighted by atomic mass is 16.5. The molecule has 4 rings (SSSR count). The summed E-state index contributed by atoms with van der Waals surface area (Å²) in [5.74, 6) is 0.0564. The molecular formula is C12H16O3. The third-order valence-corrected chi connectivity index (χ3v) is 4.42. The van der Waals surface area contributed by atoms with E-state index in [9.17, 15) is 9.90 Å². The van der Waals surface area contributed by atoms with E-state index < -0.39 is 11.5 Å². The van der Waals surface area contributed by atoms with Crippen LogP contribution in [0.5, 0.6) is 0 Å². The van der Waals surface area contributed by atoms with E-state index in [4.69, 9.17) is 4.74 Å². The summed E-state index contributed by atoms with van der Waals surface area (Å²) in [5.41, 5.74) is 0.166. The Morgan fingerprint density at radius 1 is 1.47 bits per heavy atom. The number of ether oxygens (including phenoxy) is 1. The Labute approximate surface area is 89.1 Å². The number of esters is 1. The van der Waals surface area contributed by atoms with Gasteiger partial charge in [0.25, 0.3) is 0 Å². The third-order valence-electron chi connectivity index (χ3n) is 4.42. The molecule has 0 radical (unpaired) electrons. The molecule has 4 atom stereocenters. The van der Waals surface area contributed by atoms with Gasteiger partial charge in [0, 0.05) is 6.42 Å². The van der Waals surface area contributed by atoms with Crippen LogP contribution < -0.4 is 0 Å². The number of aliphatic hydroxyl groups is 1. The quantitative estimate of drug-likeness (QED) is 0.483. The van der Waals surface area contributed by atoms with Gasteiger partial charge in [-0.1, -0.05) is 18.6 Å². The molecule has 2 saturated carbocycles. The highest BCUT2D eigenvalue weighted by Gasteiger charge is 2.62. The van der Waals surface area contributed by atoms with Gasteiger partial charge in [-0.2, -0.15) is 0 Å². The largest absolute Gasteiger partial charge is 0.461 e. The molecule has 3 heteroatoms. The number of hydrogen-bond acceptors (Lipinski definition) is 3. The number of hydrogen-bond donors (Lipinski definition) is 1. The first-order valence-corrected chi connectivity index (χ1v) is 5.73. The van der Waals surface area contributed by atoms with Gasteiger partial charge in [0.05, 0.1) is 6.10 Å². The Morgan fingerprint density at radius 2 is 2.27 bits per heavy atom. The van der Waals surface area contributed by atoms with Crippen LogP contribution in [0.3, 0.4) is 0 Å². The molecule has 0 amide bonds. The lowest BCUT2D eigenvalue weighted by molar-refractivity contribution is -0.199. The lowest BCUT2D eigenvalue weighted by Crippen LogP contribution is -2.61. The molecule has 82 valence electrons. The zero-order valence-corrected chi connectivity index (χ0v) is 8.74. The molecular weight excluding hydrogens is 192 g/mol. The minimum Gasteiger partial charge on any atom is -0.461 e. The average Bonchev–Trinajstić information content (AvgIpc) is 2.16. The van der Waals surface area contributed by atoms with E-state index in [1.165, 1.54) is 0 Å². The van der Waals surface area contributed by atoms with Crippen molar-refractivity contribution >= 4 is 5.97 Å². The second kappa shape index (κ2) is 2.85. The fourth-order valence-electron chi connectivity index (χ4n) is 3.74. The molecule has 2 bridgehead atoms. The van der Waals surface area contributed by atoms with Gasteiger partial charge in [0.1, 0.15) is 11.5 Å². The predicted octanol–water partition coefficient (Wildman–Crippen LogP) is 1.41. The topological polar surface area (TPSA) is 46.5 Å². The highest BCUT2D eigenvalue weighted by Crippen LogP contribution is 2.57. The van der Waals surface area contributed by atoms with Gasteiger partial charge in [-0.15, -0.1) is 0 Å². The minimum absolute atomic E-state index is 0.0298. The number of carbonyl (C=O) groups is 1. The molecule has 1 spiro atoms. The van der Waals surface area contributed by atoms with Crippen molar-refractivity contribution in [1.29, 1.82) is 0 Å². The lowest BCUT2D eigenvalue weighted by Gasteiger charge is -2.55. The molecule has 15 heavy (non-hydrogen) atoms. The second-order valence-electron chi connectivity index (χ2n) is 5.08. The Morgan fingerprint density at radius 3 is 2.93 bits per heavy atom. The SMILES string of the molecule is C=C1C[C@H]2C[C@@H]3CCC[C@H](O)[C@@]13C(=O)O2. The molecule has 0 aromatic heterocycles. The van der Waals surface area contributed by atoms with Crippen LogP contribution in [-0.4, -0.2) is 23.3 Å². The van der Waals surface area contributed by atoms with Gasteiger partial charge in [-0.05, 0) is 25.2 Å². The summed E-state index contributed by atoms with van der Waals surface area (Å²) in [6.45, 7) is 4.01. The standard InChI is InChI=1S/C12H16O3/c1-7-5-9-6-8-3-2-4-10(13)12(7,8)11(14)15-9/h8-10,13H,1-6H2/t8-,9-,10-,12+/m0/s1. The van der Waals surface area contributed by atoms with Crippen molar-refractivity contribution in [2.24, 2.45) is 11.3 Å². The summed E-state index contributed by atoms with van der Waals surface area (Å²) < 4.78 is 5.33. The number of carbonyl (C=O) groups excluding carboxylic acids is 1. The molecule has 3 nitrogen and oxygen atoms in total. The summed E-state index contributed by atoms with van der Waals surface area (Å²) in [6.07, 6.45) is 3.87. The molecule has 2 heterocycles. The van der Waals surface area contributed by atoms with Gasteiger partial charge in [-0.3, -0.25) is 4.79 Å². The minimum atomic E-state index is -0.743. The summed E-state index contributed by atoms with van der Waals surface area (Å²) in [5, 5.41) is 10.2. The number of rotatable bonds is 0. The lowest BCUT2D eigenvalue weighted by atomic mass is 9.54. The van der Waals surface area contributed by atoms with Crippen LogP contribution in [0.2, 0.25) is 0 Å². The van der Waals surface area contributed by atoms with E-state index in [0.29, 0.717) is 6.42 Å². The van der Waals surface area contributed by atoms with Crippen LogP contribution in [0.15, 0.2) is 12.2 Å². The Bertz CT molecular complexity index is 316. The van der Waals surface area contributed by atoms with E-state index in [1.807, 2.05) is 0 Å². The highest BCUT2D eigenvalue weighted by molar-refractivity contribution is 5.84. The molecule has 0 aromatic carbocycles. The first-order valence-electron chi connectivity index (χ1n) is 5.73. The van der Waals surface area contributed by atoms with Crippen molar-refractivity contribution in [3.05, 3.63) is 12.2 Å². The van der Waals surface area contributed by atoms with Gasteiger partial charge in [0.2, 0.25) is 0 Å². The number of fused-ring (bicyclic) bond motifs is 2. The molecule has 1 N–H and O–H groups in total. The van der Waals surface area contributed by atoms with E-state index in [-0.39, 0.29) is 18.0 Å². The van der Waals surface area contributed by atoms with Gasteiger partial charge in [-0.25, -0.2) is 0 Å². The van der Waals surface area contributed by atoms with Gasteiger partial charge in [0.15, 0.2) is 0 Å². The van der Waals surface area contributed by atoms with Crippen molar-refractivity contribution in [2.45, 2.75) is 44.3 Å². The molecule has 4 aliphatic rings. The Hall–Kier alpha value is -0.830. The van der Waals surface area contributed by atoms with E-state index >= 15 is 0 Å². The Balaban J connectivity index is 2.10. The summed E-state index contributed by atoms with van der Waals surface area (Å²) in [4.78, 5) is 12.0. The molecule has 2 saturated heterocycles. The monoisotopic (exact) mass is 208 g/mol. The fraction of sp³-hybridized carbons (Fsp3) is 0.750. The van der Waals surface area contributed by atoms with Crippen LogP contribution in [0, 0.1) is 11.3 Å². The van der Waals surface area contributed by atoms with E-state index in [1.54, 1.807) is 0 Å². The number of aliphatic hydroxyl groups excluding tert-OH is 1. The fourth-order valence-corrected chi connectivity index (χ4v) is 3.74. The van der Waals surface area contributed by atoms with Crippen molar-refractivity contribution in [1.82, 2.24) is 0 Å². The van der Waals surface area contributed by atoms with Gasteiger partial charge < -0.3 is 9.84 Å². The first-order chi connectivity index (χ1) is 7.15. The normalized spacial score (nSPS) is 48.7. The predicted molar refractivity (Wildman–Crippen MR) is 54.0 cm³/mol. The van der Waals surface area contributed by atoms with Crippen LogP contribution in [0.25, 0.3) is 0 Å². The van der Waals surface area contributed by atoms with E-state index in [2.05, 4.69) is 6.58 Å². The second-order valence-corrected chi connectivity index (χ2v) is 5.08. The average molecular weight is 208 g/mol. The molecule has 2 aliphatic heterocycles. The maximum atomic E-state index is 12.0. The molecule has 2 aliphatic carbocycles. The molecule has 0 aromatic rings. The summed E-state index contributed by atoms with van der Waals surface area (Å²) >= 11 is 0. The Kier molecular flexibility index (Phi) is 1.78. The summed E-state index contributed by atoms with van der Waals surface area (Å²) in [7, 11) is 0. The van der Waals surface area contributed by atoms with Crippen LogP contribution in [0.4, 0.5) is 0 Å². The van der Waals surface area contributed by atoms with Crippen LogP contribution in [-0.2, 0) is 9.53 Å². The maximum Gasteiger partial charge on any atom is 0.319 e. The molecule has 4 fully saturated rings. The first kappa shape index (κ1) is 9.40. The van der Waals surface area contributed by atoms with Crippen molar-refractivity contribution < 1.29 is 14.6 Å². The third kappa shape index (κ3) is 0.969. The smallest absolute Gasteiger partial charge is 0.319 e. The molecule has 0 unspecified atom stereocenters. The van der Waals surface area contributed by atoms with Crippen molar-refractivity contribution in [3.8, 4) is 0 Å².